The molecule has 0 amide bonds. The predicted molar refractivity (Wildman–Crippen MR) is 84.3 cm³/mol. The molecular formula is C19H20F2. The van der Waals surface area contributed by atoms with Crippen LogP contribution in [-0.4, -0.2) is 0 Å². The Balaban J connectivity index is 1.90. The van der Waals surface area contributed by atoms with E-state index in [1.807, 2.05) is 42.5 Å². The number of fused-ring (bicyclic) bond motifs is 1. The molecule has 1 aliphatic rings. The zero-order chi connectivity index (χ0) is 14.7. The third-order valence-electron chi connectivity index (χ3n) is 4.54. The van der Waals surface area contributed by atoms with E-state index in [1.165, 1.54) is 19.3 Å². The van der Waals surface area contributed by atoms with Gasteiger partial charge in [-0.15, -0.1) is 0 Å². The summed E-state index contributed by atoms with van der Waals surface area (Å²) in [5, 5.41) is 2.12. The van der Waals surface area contributed by atoms with Gasteiger partial charge in [0.15, 0.2) is 0 Å². The summed E-state index contributed by atoms with van der Waals surface area (Å²) < 4.78 is 26.8. The Kier molecular flexibility index (Phi) is 4.33. The van der Waals surface area contributed by atoms with Crippen LogP contribution in [0, 0.1) is 5.92 Å². The topological polar surface area (TPSA) is 0 Å². The van der Waals surface area contributed by atoms with E-state index in [4.69, 9.17) is 0 Å². The first-order valence-electron chi connectivity index (χ1n) is 7.77. The van der Waals surface area contributed by atoms with Crippen molar-refractivity contribution in [2.45, 2.75) is 38.5 Å². The number of benzene rings is 2. The second-order valence-corrected chi connectivity index (χ2v) is 6.01. The minimum absolute atomic E-state index is 0.243. The maximum atomic E-state index is 13.4. The van der Waals surface area contributed by atoms with Crippen molar-refractivity contribution < 1.29 is 8.78 Å². The summed E-state index contributed by atoms with van der Waals surface area (Å²) in [6, 6.07) is 13.6. The highest BCUT2D eigenvalue weighted by Crippen LogP contribution is 2.35. The Bertz CT molecular complexity index is 647. The molecule has 1 saturated carbocycles. The van der Waals surface area contributed by atoms with Gasteiger partial charge in [0.1, 0.15) is 0 Å². The van der Waals surface area contributed by atoms with Crippen LogP contribution in [0.15, 0.2) is 48.5 Å². The van der Waals surface area contributed by atoms with Crippen LogP contribution in [0.5, 0.6) is 0 Å². The van der Waals surface area contributed by atoms with Gasteiger partial charge >= 0.3 is 0 Å². The summed E-state index contributed by atoms with van der Waals surface area (Å²) in [6.45, 7) is 0. The van der Waals surface area contributed by atoms with Gasteiger partial charge in [-0.2, -0.15) is 8.78 Å². The molecule has 1 fully saturated rings. The second kappa shape index (κ2) is 6.38. The monoisotopic (exact) mass is 286 g/mol. The number of halogens is 2. The van der Waals surface area contributed by atoms with E-state index in [9.17, 15) is 8.78 Å². The molecule has 21 heavy (non-hydrogen) atoms. The quantitative estimate of drug-likeness (QED) is 0.611. The lowest BCUT2D eigenvalue weighted by Crippen LogP contribution is -2.07. The molecule has 0 nitrogen and oxygen atoms in total. The van der Waals surface area contributed by atoms with Crippen molar-refractivity contribution in [2.24, 2.45) is 5.92 Å². The number of hydrogen-bond acceptors (Lipinski definition) is 0. The molecule has 110 valence electrons. The second-order valence-electron chi connectivity index (χ2n) is 6.01. The highest BCUT2D eigenvalue weighted by Gasteiger charge is 2.19. The molecule has 2 heteroatoms. The van der Waals surface area contributed by atoms with E-state index in [2.05, 4.69) is 0 Å². The Labute approximate surface area is 124 Å². The van der Waals surface area contributed by atoms with Gasteiger partial charge in [-0.1, -0.05) is 68.5 Å². The van der Waals surface area contributed by atoms with E-state index in [-0.39, 0.29) is 5.57 Å². The maximum absolute atomic E-state index is 13.4. The number of allylic oxidation sites excluding steroid dienone is 1. The number of rotatable bonds is 3. The highest BCUT2D eigenvalue weighted by atomic mass is 19.3. The summed E-state index contributed by atoms with van der Waals surface area (Å²) >= 11 is 0. The van der Waals surface area contributed by atoms with Crippen LogP contribution in [-0.2, 0) is 0 Å². The standard InChI is InChI=1S/C19H20F2/c20-19(21)18(12-14-6-2-1-3-7-14)17-11-10-15-8-4-5-9-16(15)13-17/h4-5,8-11,13-14H,1-3,6-7,12H2. The van der Waals surface area contributed by atoms with Gasteiger partial charge < -0.3 is 0 Å². The van der Waals surface area contributed by atoms with Crippen molar-refractivity contribution in [2.75, 3.05) is 0 Å². The first kappa shape index (κ1) is 14.2. The fraction of sp³-hybridized carbons (Fsp3) is 0.368. The lowest BCUT2D eigenvalue weighted by molar-refractivity contribution is 0.357. The van der Waals surface area contributed by atoms with Gasteiger partial charge in [-0.25, -0.2) is 0 Å². The van der Waals surface area contributed by atoms with Gasteiger partial charge in [0, 0.05) is 5.57 Å². The molecule has 0 saturated heterocycles. The predicted octanol–water partition coefficient (Wildman–Crippen LogP) is 6.42. The Hall–Kier alpha value is -1.70. The van der Waals surface area contributed by atoms with Crippen LogP contribution >= 0.6 is 0 Å². The van der Waals surface area contributed by atoms with Gasteiger partial charge in [-0.05, 0) is 34.7 Å². The molecule has 2 aromatic carbocycles. The van der Waals surface area contributed by atoms with Gasteiger partial charge in [0.05, 0.1) is 0 Å². The van der Waals surface area contributed by atoms with Crippen molar-refractivity contribution in [3.63, 3.8) is 0 Å². The van der Waals surface area contributed by atoms with Crippen LogP contribution in [0.4, 0.5) is 8.78 Å². The minimum atomic E-state index is -1.52. The van der Waals surface area contributed by atoms with E-state index >= 15 is 0 Å². The molecule has 0 aliphatic heterocycles. The summed E-state index contributed by atoms with van der Waals surface area (Å²) in [5.74, 6) is 0.418. The fourth-order valence-electron chi connectivity index (χ4n) is 3.36. The van der Waals surface area contributed by atoms with E-state index in [1.54, 1.807) is 0 Å². The third kappa shape index (κ3) is 3.31. The van der Waals surface area contributed by atoms with Crippen LogP contribution < -0.4 is 0 Å². The molecule has 0 spiro atoms. The van der Waals surface area contributed by atoms with Gasteiger partial charge in [-0.3, -0.25) is 0 Å². The molecule has 0 radical (unpaired) electrons. The van der Waals surface area contributed by atoms with E-state index < -0.39 is 6.08 Å². The van der Waals surface area contributed by atoms with Gasteiger partial charge in [0.25, 0.3) is 6.08 Å². The zero-order valence-corrected chi connectivity index (χ0v) is 12.1. The molecule has 0 aromatic heterocycles. The normalized spacial score (nSPS) is 16.1. The molecule has 3 rings (SSSR count). The lowest BCUT2D eigenvalue weighted by Gasteiger charge is -2.22. The third-order valence-corrected chi connectivity index (χ3v) is 4.54. The Morgan fingerprint density at radius 1 is 0.905 bits per heavy atom. The van der Waals surface area contributed by atoms with Crippen LogP contribution in [0.25, 0.3) is 16.3 Å². The van der Waals surface area contributed by atoms with Crippen LogP contribution in [0.2, 0.25) is 0 Å². The molecule has 2 aromatic rings. The number of hydrogen-bond donors (Lipinski definition) is 0. The van der Waals surface area contributed by atoms with E-state index in [0.717, 1.165) is 23.6 Å². The summed E-state index contributed by atoms with van der Waals surface area (Å²) in [5.41, 5.74) is 0.923. The summed E-state index contributed by atoms with van der Waals surface area (Å²) in [4.78, 5) is 0. The van der Waals surface area contributed by atoms with Crippen molar-refractivity contribution in [3.8, 4) is 0 Å². The smallest absolute Gasteiger partial charge is 0.173 e. The van der Waals surface area contributed by atoms with Crippen molar-refractivity contribution in [1.82, 2.24) is 0 Å². The molecular weight excluding hydrogens is 266 g/mol. The minimum Gasteiger partial charge on any atom is -0.173 e. The maximum Gasteiger partial charge on any atom is 0.274 e. The molecule has 0 heterocycles. The summed E-state index contributed by atoms with van der Waals surface area (Å²) in [7, 11) is 0. The highest BCUT2D eigenvalue weighted by molar-refractivity contribution is 5.86. The van der Waals surface area contributed by atoms with Crippen LogP contribution in [0.3, 0.4) is 0 Å². The van der Waals surface area contributed by atoms with Crippen molar-refractivity contribution in [1.29, 1.82) is 0 Å². The molecule has 0 N–H and O–H groups in total. The fourth-order valence-corrected chi connectivity index (χ4v) is 3.36. The van der Waals surface area contributed by atoms with Gasteiger partial charge in [0.2, 0.25) is 0 Å². The van der Waals surface area contributed by atoms with Crippen molar-refractivity contribution in [3.05, 3.63) is 54.1 Å². The Morgan fingerprint density at radius 3 is 2.33 bits per heavy atom. The average Bonchev–Trinajstić information content (AvgIpc) is 2.53. The first-order valence-corrected chi connectivity index (χ1v) is 7.77. The van der Waals surface area contributed by atoms with Crippen LogP contribution in [0.1, 0.15) is 44.1 Å². The Morgan fingerprint density at radius 2 is 1.62 bits per heavy atom. The van der Waals surface area contributed by atoms with E-state index in [0.29, 0.717) is 17.9 Å². The zero-order valence-electron chi connectivity index (χ0n) is 12.1. The SMILES string of the molecule is FC(F)=C(CC1CCCCC1)c1ccc2ccccc2c1. The first-order chi connectivity index (χ1) is 10.2. The molecule has 0 unspecified atom stereocenters. The largest absolute Gasteiger partial charge is 0.274 e. The summed E-state index contributed by atoms with van der Waals surface area (Å²) in [6.07, 6.45) is 4.79. The molecule has 1 aliphatic carbocycles. The van der Waals surface area contributed by atoms with Crippen molar-refractivity contribution >= 4 is 16.3 Å². The molecule has 0 bridgehead atoms. The molecule has 0 atom stereocenters. The lowest BCUT2D eigenvalue weighted by atomic mass is 9.83. The average molecular weight is 286 g/mol.